The highest BCUT2D eigenvalue weighted by atomic mass is 15.2. The van der Waals surface area contributed by atoms with E-state index in [1.165, 1.54) is 108 Å². The van der Waals surface area contributed by atoms with E-state index in [0.29, 0.717) is 18.1 Å². The lowest BCUT2D eigenvalue weighted by Gasteiger charge is -2.20. The van der Waals surface area contributed by atoms with E-state index in [-0.39, 0.29) is 0 Å². The fraction of sp³-hybridized carbons (Fsp3) is 0.553. The highest BCUT2D eigenvalue weighted by Gasteiger charge is 2.38. The molecule has 3 aromatic carbocycles. The van der Waals surface area contributed by atoms with E-state index in [1.54, 1.807) is 50.1 Å². The van der Waals surface area contributed by atoms with Crippen LogP contribution in [0, 0.1) is 41.5 Å². The van der Waals surface area contributed by atoms with Crippen LogP contribution in [0.2, 0.25) is 0 Å². The van der Waals surface area contributed by atoms with Crippen molar-refractivity contribution in [2.24, 2.45) is 15.0 Å². The highest BCUT2D eigenvalue weighted by molar-refractivity contribution is 6.26. The standard InChI is InChI=1S/C16H21N3.C16H23N.C15H20N2/c1-9-10(2)13-14(12-8-6-7-11(9)12)16(18-4)19(5)15(13)17-3;1-9-10(2)15-11(3)17(5)12(4)16(15)14-8-6-7-13(9)14;1-8-9(2)13-14(10(3)17-15(13)16-4)12-7-5-6-11(8)12/h6-8H2,1-5H3;11-12H,6-8H2,1-5H3;10H,5-7H2,1-4H3,(H,16,17). The van der Waals surface area contributed by atoms with Gasteiger partial charge in [0.15, 0.2) is 0 Å². The number of fused-ring (bicyclic) bond motifs is 9. The minimum Gasteiger partial charge on any atom is -0.363 e. The normalized spacial score (nSPS) is 24.1. The molecule has 282 valence electrons. The van der Waals surface area contributed by atoms with Crippen molar-refractivity contribution in [3.63, 3.8) is 0 Å². The topological polar surface area (TPSA) is 55.6 Å². The van der Waals surface area contributed by atoms with Gasteiger partial charge in [0.25, 0.3) is 0 Å². The van der Waals surface area contributed by atoms with E-state index in [1.807, 2.05) is 21.1 Å². The first-order chi connectivity index (χ1) is 25.3. The summed E-state index contributed by atoms with van der Waals surface area (Å²) in [7, 11) is 9.97. The van der Waals surface area contributed by atoms with Gasteiger partial charge in [-0.2, -0.15) is 0 Å². The number of aliphatic imine (C=N–C) groups is 3. The van der Waals surface area contributed by atoms with Gasteiger partial charge < -0.3 is 10.2 Å². The second-order valence-electron chi connectivity index (χ2n) is 16.7. The van der Waals surface area contributed by atoms with Gasteiger partial charge in [0, 0.05) is 57.0 Å². The smallest absolute Gasteiger partial charge is 0.137 e. The molecule has 0 saturated heterocycles. The number of hydrogen-bond donors (Lipinski definition) is 1. The van der Waals surface area contributed by atoms with E-state index in [9.17, 15) is 0 Å². The summed E-state index contributed by atoms with van der Waals surface area (Å²) in [5.41, 5.74) is 27.5. The van der Waals surface area contributed by atoms with Crippen LogP contribution in [0.4, 0.5) is 0 Å². The third kappa shape index (κ3) is 5.55. The van der Waals surface area contributed by atoms with Gasteiger partial charge in [-0.25, -0.2) is 0 Å². The molecule has 6 aliphatic rings. The van der Waals surface area contributed by atoms with Crippen LogP contribution in [0.1, 0.15) is 158 Å². The van der Waals surface area contributed by atoms with Gasteiger partial charge in [0.05, 0.1) is 6.04 Å². The molecule has 0 spiro atoms. The predicted molar refractivity (Wildman–Crippen MR) is 225 cm³/mol. The first-order valence-electron chi connectivity index (χ1n) is 20.4. The molecule has 0 aromatic heterocycles. The van der Waals surface area contributed by atoms with Crippen molar-refractivity contribution < 1.29 is 0 Å². The minimum atomic E-state index is 0.426. The largest absolute Gasteiger partial charge is 0.363 e. The van der Waals surface area contributed by atoms with Crippen LogP contribution in [0.3, 0.4) is 0 Å². The Morgan fingerprint density at radius 3 is 1.45 bits per heavy atom. The molecule has 3 unspecified atom stereocenters. The summed E-state index contributed by atoms with van der Waals surface area (Å²) in [6, 6.07) is 1.62. The quantitative estimate of drug-likeness (QED) is 0.253. The molecule has 0 radical (unpaired) electrons. The van der Waals surface area contributed by atoms with E-state index in [0.717, 1.165) is 17.5 Å². The number of amidine groups is 3. The molecule has 1 N–H and O–H groups in total. The van der Waals surface area contributed by atoms with Crippen molar-refractivity contribution in [2.75, 3.05) is 35.2 Å². The summed E-state index contributed by atoms with van der Waals surface area (Å²) in [4.78, 5) is 18.1. The summed E-state index contributed by atoms with van der Waals surface area (Å²) in [6.45, 7) is 20.6. The number of nitrogens with zero attached hydrogens (tertiary/aromatic N) is 5. The zero-order valence-electron chi connectivity index (χ0n) is 35.3. The van der Waals surface area contributed by atoms with E-state index in [2.05, 4.69) is 107 Å². The number of hydrogen-bond acceptors (Lipinski definition) is 4. The summed E-state index contributed by atoms with van der Waals surface area (Å²) < 4.78 is 0. The first-order valence-corrected chi connectivity index (χ1v) is 20.4. The average Bonchev–Trinajstić information content (AvgIpc) is 4.00. The maximum atomic E-state index is 4.52. The molecule has 6 heteroatoms. The fourth-order valence-corrected chi connectivity index (χ4v) is 11.2. The molecule has 6 nitrogen and oxygen atoms in total. The minimum absolute atomic E-state index is 0.426. The Labute approximate surface area is 320 Å². The molecule has 0 saturated carbocycles. The second kappa shape index (κ2) is 14.1. The van der Waals surface area contributed by atoms with Gasteiger partial charge >= 0.3 is 0 Å². The highest BCUT2D eigenvalue weighted by Crippen LogP contribution is 2.48. The van der Waals surface area contributed by atoms with Gasteiger partial charge in [0.1, 0.15) is 17.5 Å². The Balaban J connectivity index is 0.000000123. The molecule has 3 heterocycles. The fourth-order valence-electron chi connectivity index (χ4n) is 11.2. The number of rotatable bonds is 0. The zero-order valence-corrected chi connectivity index (χ0v) is 35.3. The Morgan fingerprint density at radius 1 is 0.472 bits per heavy atom. The molecular formula is C47H64N6. The van der Waals surface area contributed by atoms with E-state index in [4.69, 9.17) is 0 Å². The number of nitrogens with one attached hydrogen (secondary N) is 1. The van der Waals surface area contributed by atoms with Crippen LogP contribution in [0.15, 0.2) is 15.0 Å². The molecule has 3 aliphatic heterocycles. The maximum absolute atomic E-state index is 4.52. The van der Waals surface area contributed by atoms with Gasteiger partial charge in [-0.1, -0.05) is 0 Å². The predicted octanol–water partition coefficient (Wildman–Crippen LogP) is 9.18. The summed E-state index contributed by atoms with van der Waals surface area (Å²) in [6.07, 6.45) is 11.5. The van der Waals surface area contributed by atoms with Crippen LogP contribution < -0.4 is 5.32 Å². The average molecular weight is 713 g/mol. The summed E-state index contributed by atoms with van der Waals surface area (Å²) in [5.74, 6) is 3.23. The van der Waals surface area contributed by atoms with Crippen LogP contribution in [-0.2, 0) is 38.5 Å². The zero-order chi connectivity index (χ0) is 38.2. The van der Waals surface area contributed by atoms with Crippen LogP contribution >= 0.6 is 0 Å². The molecule has 3 aromatic rings. The summed E-state index contributed by atoms with van der Waals surface area (Å²) in [5, 5.41) is 3.52. The molecule has 0 fully saturated rings. The van der Waals surface area contributed by atoms with Crippen LogP contribution in [0.25, 0.3) is 0 Å². The third-order valence-electron chi connectivity index (χ3n) is 14.4. The first kappa shape index (κ1) is 37.5. The van der Waals surface area contributed by atoms with Crippen molar-refractivity contribution in [1.29, 1.82) is 0 Å². The molecule has 53 heavy (non-hydrogen) atoms. The van der Waals surface area contributed by atoms with Crippen molar-refractivity contribution in [3.8, 4) is 0 Å². The maximum Gasteiger partial charge on any atom is 0.137 e. The lowest BCUT2D eigenvalue weighted by molar-refractivity contribution is 0.232. The molecule has 0 amide bonds. The summed E-state index contributed by atoms with van der Waals surface area (Å²) >= 11 is 0. The van der Waals surface area contributed by atoms with E-state index >= 15 is 0 Å². The number of benzene rings is 3. The molecule has 0 bridgehead atoms. The van der Waals surface area contributed by atoms with Gasteiger partial charge in [-0.15, -0.1) is 0 Å². The van der Waals surface area contributed by atoms with Crippen LogP contribution in [-0.4, -0.2) is 62.5 Å². The SMILES string of the molecule is CN=C1NC(C)c2c3c(c(C)c(C)c21)CCC3.CN=C1c2c(C)c(C)c3c(c2C(=NC)N1C)CCC3.Cc1c(C)c2c(c3c1CCC3)C(C)N(C)C2C. The van der Waals surface area contributed by atoms with Crippen molar-refractivity contribution >= 4 is 17.5 Å². The van der Waals surface area contributed by atoms with E-state index < -0.39 is 0 Å². The lowest BCUT2D eigenvalue weighted by atomic mass is 9.87. The van der Waals surface area contributed by atoms with Crippen molar-refractivity contribution in [1.82, 2.24) is 15.1 Å². The molecule has 9 rings (SSSR count). The van der Waals surface area contributed by atoms with Gasteiger partial charge in [-0.05, 0) is 211 Å². The lowest BCUT2D eigenvalue weighted by Crippen LogP contribution is -2.26. The van der Waals surface area contributed by atoms with Crippen LogP contribution in [0.5, 0.6) is 0 Å². The Morgan fingerprint density at radius 2 is 0.906 bits per heavy atom. The second-order valence-corrected chi connectivity index (χ2v) is 16.7. The van der Waals surface area contributed by atoms with Crippen molar-refractivity contribution in [3.05, 3.63) is 100 Å². The molecule has 3 atom stereocenters. The Bertz CT molecular complexity index is 2110. The van der Waals surface area contributed by atoms with Gasteiger partial charge in [-0.3, -0.25) is 19.9 Å². The molecule has 3 aliphatic carbocycles. The Kier molecular flexibility index (Phi) is 10.0. The van der Waals surface area contributed by atoms with Crippen molar-refractivity contribution in [2.45, 2.75) is 138 Å². The van der Waals surface area contributed by atoms with Gasteiger partial charge in [0.2, 0.25) is 0 Å². The molecular weight excluding hydrogens is 649 g/mol. The Hall–Kier alpha value is -3.77. The monoisotopic (exact) mass is 713 g/mol. The third-order valence-corrected chi connectivity index (χ3v) is 14.4.